The number of hydrogen-bond donors (Lipinski definition) is 1. The third-order valence-corrected chi connectivity index (χ3v) is 3.88. The van der Waals surface area contributed by atoms with E-state index in [0.29, 0.717) is 17.1 Å². The number of benzene rings is 2. The van der Waals surface area contributed by atoms with E-state index in [0.717, 1.165) is 4.47 Å². The fraction of sp³-hybridized carbons (Fsp3) is 0.0526. The first-order valence-corrected chi connectivity index (χ1v) is 8.48. The van der Waals surface area contributed by atoms with Crippen LogP contribution in [0.5, 0.6) is 5.75 Å². The number of nitrogens with two attached hydrogens (primary N) is 1. The molecular weight excluding hydrogens is 400 g/mol. The van der Waals surface area contributed by atoms with E-state index in [4.69, 9.17) is 19.7 Å². The molecule has 0 aliphatic carbocycles. The van der Waals surface area contributed by atoms with Crippen LogP contribution in [0.1, 0.15) is 21.9 Å². The minimum absolute atomic E-state index is 0.0176. The van der Waals surface area contributed by atoms with E-state index in [9.17, 15) is 4.79 Å². The Balaban J connectivity index is 1.56. The molecule has 1 aromatic heterocycles. The number of amidine groups is 1. The molecule has 0 spiro atoms. The van der Waals surface area contributed by atoms with Gasteiger partial charge in [0.15, 0.2) is 5.84 Å². The summed E-state index contributed by atoms with van der Waals surface area (Å²) in [5, 5.41) is 3.63. The molecule has 0 saturated heterocycles. The zero-order valence-electron chi connectivity index (χ0n) is 13.6. The number of halogens is 1. The number of furan rings is 1. The van der Waals surface area contributed by atoms with Gasteiger partial charge in [-0.25, -0.2) is 4.79 Å². The number of carbonyl (C=O) groups is 1. The van der Waals surface area contributed by atoms with Gasteiger partial charge < -0.3 is 19.7 Å². The molecular formula is C19H15BrN2O4. The van der Waals surface area contributed by atoms with Gasteiger partial charge in [-0.05, 0) is 36.4 Å². The van der Waals surface area contributed by atoms with E-state index in [-0.39, 0.29) is 18.2 Å². The Hall–Kier alpha value is -3.06. The minimum atomic E-state index is -0.737. The first kappa shape index (κ1) is 17.8. The second-order valence-electron chi connectivity index (χ2n) is 5.23. The van der Waals surface area contributed by atoms with E-state index >= 15 is 0 Å². The highest BCUT2D eigenvalue weighted by atomic mass is 79.9. The highest BCUT2D eigenvalue weighted by Crippen LogP contribution is 2.18. The largest absolute Gasteiger partial charge is 0.486 e. The zero-order chi connectivity index (χ0) is 18.4. The molecule has 3 rings (SSSR count). The monoisotopic (exact) mass is 414 g/mol. The Morgan fingerprint density at radius 1 is 1.04 bits per heavy atom. The first-order valence-electron chi connectivity index (χ1n) is 7.69. The van der Waals surface area contributed by atoms with Crippen LogP contribution in [0.25, 0.3) is 0 Å². The number of rotatable bonds is 6. The van der Waals surface area contributed by atoms with Crippen molar-refractivity contribution in [2.45, 2.75) is 6.61 Å². The molecule has 0 fully saturated rings. The Morgan fingerprint density at radius 3 is 2.50 bits per heavy atom. The third kappa shape index (κ3) is 4.73. The normalized spacial score (nSPS) is 11.2. The predicted molar refractivity (Wildman–Crippen MR) is 99.8 cm³/mol. The Morgan fingerprint density at radius 2 is 1.77 bits per heavy atom. The average molecular weight is 415 g/mol. The van der Waals surface area contributed by atoms with Crippen molar-refractivity contribution in [2.75, 3.05) is 0 Å². The van der Waals surface area contributed by atoms with Crippen LogP contribution in [-0.2, 0) is 11.4 Å². The molecule has 0 radical (unpaired) electrons. The summed E-state index contributed by atoms with van der Waals surface area (Å²) in [6.45, 7) is 0.185. The minimum Gasteiger partial charge on any atom is -0.486 e. The third-order valence-electron chi connectivity index (χ3n) is 3.35. The van der Waals surface area contributed by atoms with Crippen LogP contribution in [0.3, 0.4) is 0 Å². The summed E-state index contributed by atoms with van der Waals surface area (Å²) in [4.78, 5) is 16.8. The molecule has 0 amide bonds. The van der Waals surface area contributed by atoms with Crippen LogP contribution >= 0.6 is 15.9 Å². The van der Waals surface area contributed by atoms with E-state index < -0.39 is 5.97 Å². The lowest BCUT2D eigenvalue weighted by Gasteiger charge is -2.03. The highest BCUT2D eigenvalue weighted by molar-refractivity contribution is 9.10. The summed E-state index contributed by atoms with van der Waals surface area (Å²) < 4.78 is 12.0. The van der Waals surface area contributed by atoms with Gasteiger partial charge in [0.05, 0.1) is 0 Å². The smallest absolute Gasteiger partial charge is 0.400 e. The molecule has 132 valence electrons. The molecule has 6 nitrogen and oxygen atoms in total. The van der Waals surface area contributed by atoms with Gasteiger partial charge in [-0.1, -0.05) is 51.4 Å². The van der Waals surface area contributed by atoms with Gasteiger partial charge in [-0.3, -0.25) is 0 Å². The van der Waals surface area contributed by atoms with Crippen molar-refractivity contribution < 1.29 is 18.8 Å². The SMILES string of the molecule is N/C(=N\OC(=O)c1ccc(COc2ccc(Br)cc2)o1)c1ccccc1. The lowest BCUT2D eigenvalue weighted by Crippen LogP contribution is -2.14. The topological polar surface area (TPSA) is 87.1 Å². The van der Waals surface area contributed by atoms with E-state index in [1.807, 2.05) is 42.5 Å². The molecule has 3 aromatic rings. The van der Waals surface area contributed by atoms with Crippen molar-refractivity contribution in [3.63, 3.8) is 0 Å². The van der Waals surface area contributed by atoms with Gasteiger partial charge in [0.2, 0.25) is 5.76 Å². The van der Waals surface area contributed by atoms with Crippen molar-refractivity contribution in [1.82, 2.24) is 0 Å². The average Bonchev–Trinajstić information content (AvgIpc) is 3.15. The molecule has 7 heteroatoms. The van der Waals surface area contributed by atoms with Crippen molar-refractivity contribution in [3.05, 3.63) is 88.3 Å². The lowest BCUT2D eigenvalue weighted by atomic mass is 10.2. The van der Waals surface area contributed by atoms with Crippen molar-refractivity contribution in [3.8, 4) is 5.75 Å². The second-order valence-corrected chi connectivity index (χ2v) is 6.15. The molecule has 0 bridgehead atoms. The van der Waals surface area contributed by atoms with E-state index in [2.05, 4.69) is 21.1 Å². The zero-order valence-corrected chi connectivity index (χ0v) is 15.2. The van der Waals surface area contributed by atoms with E-state index in [1.165, 1.54) is 6.07 Å². The predicted octanol–water partition coefficient (Wildman–Crippen LogP) is 4.10. The summed E-state index contributed by atoms with van der Waals surface area (Å²) in [7, 11) is 0. The Labute approximate surface area is 158 Å². The molecule has 0 aliphatic heterocycles. The first-order chi connectivity index (χ1) is 12.6. The van der Waals surface area contributed by atoms with Crippen LogP contribution in [-0.4, -0.2) is 11.8 Å². The van der Waals surface area contributed by atoms with Gasteiger partial charge in [0.25, 0.3) is 0 Å². The number of hydrogen-bond acceptors (Lipinski definition) is 5. The molecule has 0 saturated carbocycles. The van der Waals surface area contributed by atoms with Crippen molar-refractivity contribution in [2.24, 2.45) is 10.9 Å². The number of carbonyl (C=O) groups excluding carboxylic acids is 1. The summed E-state index contributed by atoms with van der Waals surface area (Å²) in [6.07, 6.45) is 0. The van der Waals surface area contributed by atoms with Crippen LogP contribution in [0.15, 0.2) is 80.8 Å². The second kappa shape index (κ2) is 8.35. The van der Waals surface area contributed by atoms with Crippen molar-refractivity contribution in [1.29, 1.82) is 0 Å². The van der Waals surface area contributed by atoms with E-state index in [1.54, 1.807) is 18.2 Å². The number of oxime groups is 1. The molecule has 26 heavy (non-hydrogen) atoms. The molecule has 1 heterocycles. The Bertz CT molecular complexity index is 905. The fourth-order valence-electron chi connectivity index (χ4n) is 2.05. The lowest BCUT2D eigenvalue weighted by molar-refractivity contribution is 0.0475. The number of ether oxygens (including phenoxy) is 1. The van der Waals surface area contributed by atoms with Crippen molar-refractivity contribution >= 4 is 27.7 Å². The van der Waals surface area contributed by atoms with Crippen LogP contribution < -0.4 is 10.5 Å². The maximum Gasteiger partial charge on any atom is 0.400 e. The summed E-state index contributed by atoms with van der Waals surface area (Å²) in [5.41, 5.74) is 6.42. The van der Waals surface area contributed by atoms with Gasteiger partial charge >= 0.3 is 5.97 Å². The summed E-state index contributed by atoms with van der Waals surface area (Å²) in [6, 6.07) is 19.5. The maximum atomic E-state index is 12.0. The van der Waals surface area contributed by atoms with Crippen LogP contribution in [0.2, 0.25) is 0 Å². The summed E-state index contributed by atoms with van der Waals surface area (Å²) >= 11 is 3.36. The molecule has 0 atom stereocenters. The van der Waals surface area contributed by atoms with Gasteiger partial charge in [-0.15, -0.1) is 0 Å². The maximum absolute atomic E-state index is 12.0. The molecule has 2 N–H and O–H groups in total. The molecule has 0 aliphatic rings. The highest BCUT2D eigenvalue weighted by Gasteiger charge is 2.14. The van der Waals surface area contributed by atoms with Gasteiger partial charge in [-0.2, -0.15) is 0 Å². The number of nitrogens with zero attached hydrogens (tertiary/aromatic N) is 1. The van der Waals surface area contributed by atoms with Gasteiger partial charge in [0, 0.05) is 10.0 Å². The standard InChI is InChI=1S/C19H15BrN2O4/c20-14-6-8-15(9-7-14)24-12-16-10-11-17(25-16)19(23)26-22-18(21)13-4-2-1-3-5-13/h1-11H,12H2,(H2,21,22). The van der Waals surface area contributed by atoms with Gasteiger partial charge in [0.1, 0.15) is 18.1 Å². The van der Waals surface area contributed by atoms with Crippen LogP contribution in [0, 0.1) is 0 Å². The molecule has 0 unspecified atom stereocenters. The molecule has 2 aromatic carbocycles. The Kier molecular flexibility index (Phi) is 5.70. The fourth-order valence-corrected chi connectivity index (χ4v) is 2.31. The van der Waals surface area contributed by atoms with Crippen LogP contribution in [0.4, 0.5) is 0 Å². The quantitative estimate of drug-likeness (QED) is 0.284. The summed E-state index contributed by atoms with van der Waals surface area (Å²) in [5.74, 6) is 0.556.